The van der Waals surface area contributed by atoms with Gasteiger partial charge < -0.3 is 10.1 Å². The van der Waals surface area contributed by atoms with E-state index in [0.29, 0.717) is 16.5 Å². The van der Waals surface area contributed by atoms with E-state index in [0.717, 1.165) is 18.2 Å². The second-order valence-electron chi connectivity index (χ2n) is 4.38. The number of benzene rings is 2. The largest absolute Gasteiger partial charge is 0.477 e. The Morgan fingerprint density at radius 2 is 1.85 bits per heavy atom. The van der Waals surface area contributed by atoms with Crippen molar-refractivity contribution >= 4 is 16.9 Å². The van der Waals surface area contributed by atoms with Gasteiger partial charge in [0.25, 0.3) is 0 Å². The molecule has 0 aliphatic carbocycles. The topological polar surface area (TPSA) is 53.1 Å². The number of rotatable bonds is 2. The van der Waals surface area contributed by atoms with Gasteiger partial charge in [-0.3, -0.25) is 0 Å². The lowest BCUT2D eigenvalue weighted by Gasteiger charge is -2.05. The second-order valence-corrected chi connectivity index (χ2v) is 4.38. The Balaban J connectivity index is 2.30. The van der Waals surface area contributed by atoms with E-state index < -0.39 is 17.6 Å². The number of carbonyl (C=O) groups is 1. The minimum absolute atomic E-state index is 0.00395. The van der Waals surface area contributed by atoms with E-state index in [-0.39, 0.29) is 11.3 Å². The van der Waals surface area contributed by atoms with Gasteiger partial charge in [-0.15, -0.1) is 0 Å². The first-order valence-electron chi connectivity index (χ1n) is 5.87. The first kappa shape index (κ1) is 12.3. The summed E-state index contributed by atoms with van der Waals surface area (Å²) in [6, 6.07) is 9.62. The van der Waals surface area contributed by atoms with Crippen LogP contribution in [0.1, 0.15) is 10.5 Å². The van der Waals surface area contributed by atoms with Crippen molar-refractivity contribution in [2.45, 2.75) is 0 Å². The highest BCUT2D eigenvalue weighted by Gasteiger charge is 2.14. The van der Waals surface area contributed by atoms with Crippen molar-refractivity contribution in [2.24, 2.45) is 0 Å². The molecule has 20 heavy (non-hydrogen) atoms. The van der Waals surface area contributed by atoms with E-state index in [1.807, 2.05) is 0 Å². The Kier molecular flexibility index (Phi) is 2.75. The van der Waals surface area contributed by atoms with Crippen LogP contribution >= 0.6 is 0 Å². The van der Waals surface area contributed by atoms with E-state index in [4.69, 9.17) is 5.11 Å². The lowest BCUT2D eigenvalue weighted by atomic mass is 10.0. The van der Waals surface area contributed by atoms with Crippen molar-refractivity contribution in [3.05, 3.63) is 59.8 Å². The summed E-state index contributed by atoms with van der Waals surface area (Å²) in [6.07, 6.45) is 0. The molecule has 0 atom stereocenters. The normalized spacial score (nSPS) is 10.9. The molecule has 0 bridgehead atoms. The van der Waals surface area contributed by atoms with Gasteiger partial charge in [-0.05, 0) is 24.3 Å². The van der Waals surface area contributed by atoms with E-state index in [9.17, 15) is 13.6 Å². The summed E-state index contributed by atoms with van der Waals surface area (Å²) >= 11 is 0. The van der Waals surface area contributed by atoms with Crippen LogP contribution in [0.25, 0.3) is 22.0 Å². The van der Waals surface area contributed by atoms with Crippen LogP contribution in [-0.2, 0) is 0 Å². The molecule has 0 radical (unpaired) electrons. The van der Waals surface area contributed by atoms with E-state index in [2.05, 4.69) is 4.98 Å². The molecule has 0 fully saturated rings. The molecule has 3 aromatic rings. The average Bonchev–Trinajstić information content (AvgIpc) is 2.85. The lowest BCUT2D eigenvalue weighted by Crippen LogP contribution is -1.95. The molecule has 0 aliphatic heterocycles. The fourth-order valence-electron chi connectivity index (χ4n) is 2.20. The van der Waals surface area contributed by atoms with Gasteiger partial charge in [0.1, 0.15) is 17.3 Å². The molecule has 0 aliphatic rings. The highest BCUT2D eigenvalue weighted by Crippen LogP contribution is 2.31. The number of hydrogen-bond acceptors (Lipinski definition) is 1. The number of aromatic nitrogens is 1. The highest BCUT2D eigenvalue weighted by atomic mass is 19.1. The number of H-pyrrole nitrogens is 1. The van der Waals surface area contributed by atoms with Gasteiger partial charge >= 0.3 is 5.97 Å². The SMILES string of the molecule is O=C(O)c1cc2cccc(-c3cc(F)ccc3F)c2[nH]1. The average molecular weight is 273 g/mol. The van der Waals surface area contributed by atoms with Crippen LogP contribution in [0.2, 0.25) is 0 Å². The summed E-state index contributed by atoms with van der Waals surface area (Å²) in [7, 11) is 0. The molecule has 2 N–H and O–H groups in total. The summed E-state index contributed by atoms with van der Waals surface area (Å²) in [5.41, 5.74) is 0.986. The van der Waals surface area contributed by atoms with Crippen LogP contribution in [0.15, 0.2) is 42.5 Å². The maximum Gasteiger partial charge on any atom is 0.352 e. The van der Waals surface area contributed by atoms with Crippen LogP contribution in [0.4, 0.5) is 8.78 Å². The number of nitrogens with one attached hydrogen (secondary N) is 1. The molecule has 1 heterocycles. The van der Waals surface area contributed by atoms with Crippen molar-refractivity contribution in [1.29, 1.82) is 0 Å². The highest BCUT2D eigenvalue weighted by molar-refractivity contribution is 6.00. The number of carboxylic acids is 1. The van der Waals surface area contributed by atoms with Gasteiger partial charge in [-0.1, -0.05) is 18.2 Å². The van der Waals surface area contributed by atoms with Crippen LogP contribution in [0.5, 0.6) is 0 Å². The Labute approximate surface area is 112 Å². The minimum Gasteiger partial charge on any atom is -0.477 e. The summed E-state index contributed by atoms with van der Waals surface area (Å²) in [4.78, 5) is 13.7. The van der Waals surface area contributed by atoms with Gasteiger partial charge in [0.15, 0.2) is 0 Å². The number of carboxylic acid groups (broad SMARTS) is 1. The molecule has 0 amide bonds. The van der Waals surface area contributed by atoms with Crippen LogP contribution in [0.3, 0.4) is 0 Å². The van der Waals surface area contributed by atoms with Crippen molar-refractivity contribution in [2.75, 3.05) is 0 Å². The molecule has 0 unspecified atom stereocenters. The molecule has 1 aromatic heterocycles. The van der Waals surface area contributed by atoms with Crippen molar-refractivity contribution in [3.63, 3.8) is 0 Å². The molecule has 5 heteroatoms. The number of halogens is 2. The Bertz CT molecular complexity index is 824. The van der Waals surface area contributed by atoms with E-state index >= 15 is 0 Å². The molecule has 2 aromatic carbocycles. The zero-order chi connectivity index (χ0) is 14.3. The Morgan fingerprint density at radius 1 is 1.05 bits per heavy atom. The fraction of sp³-hybridized carbons (Fsp3) is 0. The molecule has 3 rings (SSSR count). The van der Waals surface area contributed by atoms with Gasteiger partial charge in [0.2, 0.25) is 0 Å². The maximum atomic E-state index is 13.9. The lowest BCUT2D eigenvalue weighted by molar-refractivity contribution is 0.0691. The monoisotopic (exact) mass is 273 g/mol. The van der Waals surface area contributed by atoms with Gasteiger partial charge in [-0.2, -0.15) is 0 Å². The zero-order valence-electron chi connectivity index (χ0n) is 10.2. The van der Waals surface area contributed by atoms with Crippen LogP contribution < -0.4 is 0 Å². The number of aromatic carboxylic acids is 1. The van der Waals surface area contributed by atoms with Gasteiger partial charge in [0.05, 0.1) is 5.52 Å². The smallest absolute Gasteiger partial charge is 0.352 e. The first-order valence-corrected chi connectivity index (χ1v) is 5.87. The molecule has 3 nitrogen and oxygen atoms in total. The summed E-state index contributed by atoms with van der Waals surface area (Å²) < 4.78 is 27.1. The van der Waals surface area contributed by atoms with Gasteiger partial charge in [0, 0.05) is 16.5 Å². The standard InChI is InChI=1S/C15H9F2NO2/c16-9-4-5-12(17)11(7-9)10-3-1-2-8-6-13(15(19)20)18-14(8)10/h1-7,18H,(H,19,20). The van der Waals surface area contributed by atoms with Crippen molar-refractivity contribution < 1.29 is 18.7 Å². The quantitative estimate of drug-likeness (QED) is 0.746. The third kappa shape index (κ3) is 1.93. The summed E-state index contributed by atoms with van der Waals surface area (Å²) in [5.74, 6) is -2.22. The minimum atomic E-state index is -1.10. The predicted molar refractivity (Wildman–Crippen MR) is 70.6 cm³/mol. The summed E-state index contributed by atoms with van der Waals surface area (Å²) in [6.45, 7) is 0. The maximum absolute atomic E-state index is 13.9. The van der Waals surface area contributed by atoms with Crippen LogP contribution in [0, 0.1) is 11.6 Å². The number of hydrogen-bond donors (Lipinski definition) is 2. The molecule has 0 saturated heterocycles. The number of fused-ring (bicyclic) bond motifs is 1. The van der Waals surface area contributed by atoms with E-state index in [1.54, 1.807) is 18.2 Å². The third-order valence-corrected chi connectivity index (χ3v) is 3.11. The second kappa shape index (κ2) is 4.45. The van der Waals surface area contributed by atoms with Crippen molar-refractivity contribution in [3.8, 4) is 11.1 Å². The predicted octanol–water partition coefficient (Wildman–Crippen LogP) is 3.81. The Morgan fingerprint density at radius 3 is 2.60 bits per heavy atom. The fourth-order valence-corrected chi connectivity index (χ4v) is 2.20. The van der Waals surface area contributed by atoms with E-state index in [1.165, 1.54) is 6.07 Å². The third-order valence-electron chi connectivity index (χ3n) is 3.11. The number of aromatic amines is 1. The van der Waals surface area contributed by atoms with Crippen molar-refractivity contribution in [1.82, 2.24) is 4.98 Å². The summed E-state index contributed by atoms with van der Waals surface area (Å²) in [5, 5.41) is 9.61. The molecular weight excluding hydrogens is 264 g/mol. The van der Waals surface area contributed by atoms with Gasteiger partial charge in [-0.25, -0.2) is 13.6 Å². The molecule has 0 saturated carbocycles. The molecular formula is C15H9F2NO2. The Hall–Kier alpha value is -2.69. The molecule has 0 spiro atoms. The first-order chi connectivity index (χ1) is 9.56. The molecule has 100 valence electrons. The zero-order valence-corrected chi connectivity index (χ0v) is 10.2. The number of para-hydroxylation sites is 1. The van der Waals surface area contributed by atoms with Crippen LogP contribution in [-0.4, -0.2) is 16.1 Å².